The molecule has 1 aromatic rings. The summed E-state index contributed by atoms with van der Waals surface area (Å²) in [5, 5.41) is 2.78. The van der Waals surface area contributed by atoms with Gasteiger partial charge in [-0.15, -0.1) is 0 Å². The molecule has 25 heavy (non-hydrogen) atoms. The zero-order chi connectivity index (χ0) is 19.5. The standard InChI is InChI=1S/C18H24F3NO3/c1-16(2,3)11-17(4,5)22-14(23)10-25-15(24)12-6-8-13(9-7-12)18(19,20)21/h6-9H,10-11H2,1-5H3,(H,22,23). The molecule has 4 nitrogen and oxygen atoms in total. The van der Waals surface area contributed by atoms with Gasteiger partial charge in [-0.05, 0) is 49.9 Å². The number of alkyl halides is 3. The Morgan fingerprint density at radius 3 is 1.96 bits per heavy atom. The SMILES string of the molecule is CC(C)(C)CC(C)(C)NC(=O)COC(=O)c1ccc(C(F)(F)F)cc1. The predicted octanol–water partition coefficient (Wildman–Crippen LogP) is 4.19. The van der Waals surface area contributed by atoms with Crippen molar-refractivity contribution in [1.82, 2.24) is 5.32 Å². The largest absolute Gasteiger partial charge is 0.452 e. The number of benzene rings is 1. The molecule has 0 aromatic heterocycles. The average molecular weight is 359 g/mol. The van der Waals surface area contributed by atoms with E-state index in [0.29, 0.717) is 0 Å². The van der Waals surface area contributed by atoms with E-state index in [9.17, 15) is 22.8 Å². The maximum Gasteiger partial charge on any atom is 0.416 e. The van der Waals surface area contributed by atoms with E-state index in [2.05, 4.69) is 5.32 Å². The Hall–Kier alpha value is -2.05. The van der Waals surface area contributed by atoms with Gasteiger partial charge in [0.05, 0.1) is 11.1 Å². The van der Waals surface area contributed by atoms with Crippen LogP contribution in [0.2, 0.25) is 0 Å². The molecule has 1 rings (SSSR count). The molecule has 0 heterocycles. The third-order valence-corrected chi connectivity index (χ3v) is 3.23. The molecular weight excluding hydrogens is 335 g/mol. The van der Waals surface area contributed by atoms with Crippen molar-refractivity contribution in [2.45, 2.75) is 52.8 Å². The fraction of sp³-hybridized carbons (Fsp3) is 0.556. The van der Waals surface area contributed by atoms with Crippen molar-refractivity contribution in [1.29, 1.82) is 0 Å². The van der Waals surface area contributed by atoms with Gasteiger partial charge in [0.2, 0.25) is 0 Å². The highest BCUT2D eigenvalue weighted by Gasteiger charge is 2.30. The van der Waals surface area contributed by atoms with E-state index in [-0.39, 0.29) is 11.0 Å². The molecule has 0 saturated carbocycles. The normalized spacial score (nSPS) is 12.6. The Kier molecular flexibility index (Phi) is 6.26. The first-order valence-corrected chi connectivity index (χ1v) is 7.85. The topological polar surface area (TPSA) is 55.4 Å². The second-order valence-corrected chi connectivity index (χ2v) is 7.82. The van der Waals surface area contributed by atoms with Gasteiger partial charge in [0.25, 0.3) is 5.91 Å². The van der Waals surface area contributed by atoms with Gasteiger partial charge in [-0.25, -0.2) is 4.79 Å². The maximum absolute atomic E-state index is 12.5. The van der Waals surface area contributed by atoms with Crippen molar-refractivity contribution >= 4 is 11.9 Å². The van der Waals surface area contributed by atoms with E-state index in [0.717, 1.165) is 30.7 Å². The van der Waals surface area contributed by atoms with Crippen LogP contribution in [-0.4, -0.2) is 24.0 Å². The van der Waals surface area contributed by atoms with Crippen LogP contribution in [0.1, 0.15) is 57.0 Å². The van der Waals surface area contributed by atoms with Crippen LogP contribution in [0, 0.1) is 5.41 Å². The van der Waals surface area contributed by atoms with Gasteiger partial charge in [0.15, 0.2) is 6.61 Å². The lowest BCUT2D eigenvalue weighted by Gasteiger charge is -2.33. The summed E-state index contributed by atoms with van der Waals surface area (Å²) in [6.07, 6.45) is -3.75. The smallest absolute Gasteiger partial charge is 0.416 e. The molecule has 0 radical (unpaired) electrons. The van der Waals surface area contributed by atoms with E-state index in [4.69, 9.17) is 4.74 Å². The van der Waals surface area contributed by atoms with Gasteiger partial charge in [-0.3, -0.25) is 4.79 Å². The molecule has 0 aliphatic rings. The third kappa shape index (κ3) is 7.58. The number of ether oxygens (including phenoxy) is 1. The number of nitrogens with one attached hydrogen (secondary N) is 1. The zero-order valence-corrected chi connectivity index (χ0v) is 15.1. The van der Waals surface area contributed by atoms with Crippen LogP contribution in [0.25, 0.3) is 0 Å². The Morgan fingerprint density at radius 1 is 1.00 bits per heavy atom. The number of carbonyl (C=O) groups excluding carboxylic acids is 2. The quantitative estimate of drug-likeness (QED) is 0.802. The number of esters is 1. The Morgan fingerprint density at radius 2 is 1.52 bits per heavy atom. The molecule has 0 saturated heterocycles. The van der Waals surface area contributed by atoms with Crippen LogP contribution in [0.4, 0.5) is 13.2 Å². The maximum atomic E-state index is 12.5. The molecular formula is C18H24F3NO3. The van der Waals surface area contributed by atoms with Gasteiger partial charge >= 0.3 is 12.1 Å². The van der Waals surface area contributed by atoms with Crippen LogP contribution in [0.15, 0.2) is 24.3 Å². The second-order valence-electron chi connectivity index (χ2n) is 7.82. The highest BCUT2D eigenvalue weighted by molar-refractivity contribution is 5.91. The van der Waals surface area contributed by atoms with Crippen LogP contribution < -0.4 is 5.32 Å². The summed E-state index contributed by atoms with van der Waals surface area (Å²) in [4.78, 5) is 23.7. The highest BCUT2D eigenvalue weighted by Crippen LogP contribution is 2.29. The predicted molar refractivity (Wildman–Crippen MR) is 88.0 cm³/mol. The number of amides is 1. The van der Waals surface area contributed by atoms with E-state index in [1.54, 1.807) is 0 Å². The van der Waals surface area contributed by atoms with Crippen molar-refractivity contribution < 1.29 is 27.5 Å². The summed E-state index contributed by atoms with van der Waals surface area (Å²) >= 11 is 0. The first-order chi connectivity index (χ1) is 11.2. The second kappa shape index (κ2) is 7.45. The van der Waals surface area contributed by atoms with Crippen molar-refractivity contribution in [2.75, 3.05) is 6.61 Å². The van der Waals surface area contributed by atoms with Crippen molar-refractivity contribution in [2.24, 2.45) is 5.41 Å². The fourth-order valence-corrected chi connectivity index (χ4v) is 2.79. The summed E-state index contributed by atoms with van der Waals surface area (Å²) in [5.41, 5.74) is -1.37. The van der Waals surface area contributed by atoms with E-state index >= 15 is 0 Å². The average Bonchev–Trinajstić information content (AvgIpc) is 2.40. The molecule has 0 spiro atoms. The summed E-state index contributed by atoms with van der Waals surface area (Å²) in [6, 6.07) is 3.63. The van der Waals surface area contributed by atoms with Gasteiger partial charge in [-0.2, -0.15) is 13.2 Å². The molecule has 1 amide bonds. The Bertz CT molecular complexity index is 614. The molecule has 0 unspecified atom stereocenters. The summed E-state index contributed by atoms with van der Waals surface area (Å²) < 4.78 is 42.3. The molecule has 140 valence electrons. The first kappa shape index (κ1) is 21.0. The fourth-order valence-electron chi connectivity index (χ4n) is 2.79. The number of carbonyl (C=O) groups is 2. The number of rotatable bonds is 5. The zero-order valence-electron chi connectivity index (χ0n) is 15.1. The molecule has 0 atom stereocenters. The summed E-state index contributed by atoms with van der Waals surface area (Å²) in [7, 11) is 0. The molecule has 0 bridgehead atoms. The van der Waals surface area contributed by atoms with Gasteiger partial charge < -0.3 is 10.1 Å². The molecule has 1 N–H and O–H groups in total. The molecule has 1 aromatic carbocycles. The first-order valence-electron chi connectivity index (χ1n) is 7.85. The highest BCUT2D eigenvalue weighted by atomic mass is 19.4. The molecule has 7 heteroatoms. The minimum atomic E-state index is -4.47. The number of hydrogen-bond acceptors (Lipinski definition) is 3. The summed E-state index contributed by atoms with van der Waals surface area (Å²) in [5.74, 6) is -1.31. The minimum Gasteiger partial charge on any atom is -0.452 e. The lowest BCUT2D eigenvalue weighted by atomic mass is 9.82. The van der Waals surface area contributed by atoms with Crippen molar-refractivity contribution in [3.8, 4) is 0 Å². The van der Waals surface area contributed by atoms with Crippen LogP contribution in [-0.2, 0) is 15.7 Å². The molecule has 0 fully saturated rings. The molecule has 0 aliphatic heterocycles. The van der Waals surface area contributed by atoms with Gasteiger partial charge in [0.1, 0.15) is 0 Å². The van der Waals surface area contributed by atoms with Crippen LogP contribution in [0.5, 0.6) is 0 Å². The summed E-state index contributed by atoms with van der Waals surface area (Å²) in [6.45, 7) is 9.39. The third-order valence-electron chi connectivity index (χ3n) is 3.23. The Balaban J connectivity index is 2.57. The van der Waals surface area contributed by atoms with Crippen molar-refractivity contribution in [3.05, 3.63) is 35.4 Å². The van der Waals surface area contributed by atoms with Gasteiger partial charge in [0, 0.05) is 5.54 Å². The van der Waals surface area contributed by atoms with E-state index < -0.39 is 35.8 Å². The number of halogens is 3. The van der Waals surface area contributed by atoms with Crippen LogP contribution >= 0.6 is 0 Å². The lowest BCUT2D eigenvalue weighted by molar-refractivity contribution is -0.137. The molecule has 0 aliphatic carbocycles. The minimum absolute atomic E-state index is 0.00762. The van der Waals surface area contributed by atoms with E-state index in [1.165, 1.54) is 0 Å². The van der Waals surface area contributed by atoms with E-state index in [1.807, 2.05) is 34.6 Å². The van der Waals surface area contributed by atoms with Gasteiger partial charge in [-0.1, -0.05) is 20.8 Å². The Labute approximate surface area is 145 Å². The monoisotopic (exact) mass is 359 g/mol. The lowest BCUT2D eigenvalue weighted by Crippen LogP contribution is -2.47. The van der Waals surface area contributed by atoms with Crippen molar-refractivity contribution in [3.63, 3.8) is 0 Å². The van der Waals surface area contributed by atoms with Crippen LogP contribution in [0.3, 0.4) is 0 Å². The number of hydrogen-bond donors (Lipinski definition) is 1.